The van der Waals surface area contributed by atoms with Crippen molar-refractivity contribution in [3.63, 3.8) is 0 Å². The van der Waals surface area contributed by atoms with E-state index in [9.17, 15) is 13.2 Å². The van der Waals surface area contributed by atoms with Gasteiger partial charge in [0.15, 0.2) is 0 Å². The van der Waals surface area contributed by atoms with Gasteiger partial charge in [0.25, 0.3) is 10.0 Å². The summed E-state index contributed by atoms with van der Waals surface area (Å²) in [7, 11) is -3.99. The van der Waals surface area contributed by atoms with E-state index >= 15 is 0 Å². The first-order chi connectivity index (χ1) is 8.46. The van der Waals surface area contributed by atoms with Crippen molar-refractivity contribution >= 4 is 16.0 Å². The van der Waals surface area contributed by atoms with Crippen molar-refractivity contribution in [2.24, 2.45) is 0 Å². The molecule has 0 unspecified atom stereocenters. The number of nitrogens with zero attached hydrogens (tertiary/aromatic N) is 2. The van der Waals surface area contributed by atoms with Gasteiger partial charge in [-0.05, 0) is 25.0 Å². The molecule has 18 heavy (non-hydrogen) atoms. The van der Waals surface area contributed by atoms with Crippen molar-refractivity contribution in [3.05, 3.63) is 17.9 Å². The van der Waals surface area contributed by atoms with E-state index < -0.39 is 27.1 Å². The largest absolute Gasteiger partial charge is 0.480 e. The van der Waals surface area contributed by atoms with E-state index in [1.54, 1.807) is 6.07 Å². The molecule has 1 atom stereocenters. The van der Waals surface area contributed by atoms with E-state index in [0.717, 1.165) is 10.4 Å². The average Bonchev–Trinajstić information content (AvgIpc) is 2.98. The molecule has 1 N–H and O–H groups in total. The Morgan fingerprint density at radius 1 is 1.56 bits per heavy atom. The molecule has 1 aromatic heterocycles. The molecule has 7 nitrogen and oxygen atoms in total. The highest BCUT2D eigenvalue weighted by Crippen LogP contribution is 2.27. The predicted molar refractivity (Wildman–Crippen MR) is 58.0 cm³/mol. The molecule has 0 bridgehead atoms. The van der Waals surface area contributed by atoms with Crippen LogP contribution in [-0.4, -0.2) is 36.4 Å². The third kappa shape index (κ3) is 1.98. The zero-order chi connectivity index (χ0) is 13.3. The molecule has 1 aliphatic rings. The summed E-state index contributed by atoms with van der Waals surface area (Å²) >= 11 is 0. The normalized spacial score (nSPS) is 20.7. The molecule has 1 fully saturated rings. The summed E-state index contributed by atoms with van der Waals surface area (Å²) in [6, 6.07) is 3.01. The first-order valence-corrected chi connectivity index (χ1v) is 6.65. The van der Waals surface area contributed by atoms with E-state index in [1.165, 1.54) is 6.07 Å². The molecular formula is C10H10N2O5S. The molecule has 0 radical (unpaired) electrons. The topological polar surface area (TPSA) is 112 Å². The van der Waals surface area contributed by atoms with E-state index in [1.807, 2.05) is 0 Å². The summed E-state index contributed by atoms with van der Waals surface area (Å²) in [5.41, 5.74) is 0. The van der Waals surface area contributed by atoms with Gasteiger partial charge in [-0.3, -0.25) is 4.79 Å². The van der Waals surface area contributed by atoms with Crippen molar-refractivity contribution in [2.75, 3.05) is 6.54 Å². The van der Waals surface area contributed by atoms with Gasteiger partial charge in [-0.1, -0.05) is 0 Å². The number of carbonyl (C=O) groups is 1. The third-order valence-corrected chi connectivity index (χ3v) is 4.53. The standard InChI is InChI=1S/C10H10N2O5S/c11-6-7-3-4-9(17-7)18(15,16)12-5-1-2-8(12)10(13)14/h3-4,8H,1-2,5H2,(H,13,14)/t8-/m1/s1. The van der Waals surface area contributed by atoms with Gasteiger partial charge in [-0.15, -0.1) is 0 Å². The molecule has 0 amide bonds. The molecule has 96 valence electrons. The molecule has 0 aromatic carbocycles. The Morgan fingerprint density at radius 2 is 2.28 bits per heavy atom. The fraction of sp³-hybridized carbons (Fsp3) is 0.400. The summed E-state index contributed by atoms with van der Waals surface area (Å²) in [5.74, 6) is -1.30. The van der Waals surface area contributed by atoms with E-state index in [0.29, 0.717) is 6.42 Å². The maximum Gasteiger partial charge on any atom is 0.322 e. The Labute approximate surface area is 103 Å². The van der Waals surface area contributed by atoms with Gasteiger partial charge in [0.05, 0.1) is 0 Å². The Kier molecular flexibility index (Phi) is 3.11. The molecule has 1 saturated heterocycles. The number of carboxylic acids is 1. The van der Waals surface area contributed by atoms with Crippen LogP contribution in [0.3, 0.4) is 0 Å². The van der Waals surface area contributed by atoms with Gasteiger partial charge in [0.1, 0.15) is 12.1 Å². The summed E-state index contributed by atoms with van der Waals surface area (Å²) in [5, 5.41) is 17.1. The lowest BCUT2D eigenvalue weighted by atomic mass is 10.2. The molecule has 8 heteroatoms. The van der Waals surface area contributed by atoms with Gasteiger partial charge in [0.2, 0.25) is 10.9 Å². The van der Waals surface area contributed by atoms with Crippen LogP contribution in [0.4, 0.5) is 0 Å². The van der Waals surface area contributed by atoms with Gasteiger partial charge in [0, 0.05) is 6.54 Å². The number of aliphatic carboxylic acids is 1. The van der Waals surface area contributed by atoms with Crippen molar-refractivity contribution in [2.45, 2.75) is 24.0 Å². The van der Waals surface area contributed by atoms with Crippen LogP contribution in [0.15, 0.2) is 21.6 Å². The average molecular weight is 270 g/mol. The third-order valence-electron chi connectivity index (χ3n) is 2.74. The monoisotopic (exact) mass is 270 g/mol. The predicted octanol–water partition coefficient (Wildman–Crippen LogP) is 0.389. The molecule has 1 aliphatic heterocycles. The highest BCUT2D eigenvalue weighted by Gasteiger charge is 2.40. The molecular weight excluding hydrogens is 260 g/mol. The zero-order valence-electron chi connectivity index (χ0n) is 9.24. The lowest BCUT2D eigenvalue weighted by molar-refractivity contribution is -0.140. The van der Waals surface area contributed by atoms with Gasteiger partial charge in [-0.25, -0.2) is 8.42 Å². The second-order valence-corrected chi connectivity index (χ2v) is 5.66. The molecule has 0 saturated carbocycles. The van der Waals surface area contributed by atoms with Crippen LogP contribution >= 0.6 is 0 Å². The van der Waals surface area contributed by atoms with Crippen LogP contribution in [0, 0.1) is 11.3 Å². The Balaban J connectivity index is 2.37. The van der Waals surface area contributed by atoms with E-state index in [4.69, 9.17) is 14.8 Å². The van der Waals surface area contributed by atoms with Crippen LogP contribution in [0.2, 0.25) is 0 Å². The van der Waals surface area contributed by atoms with Crippen molar-refractivity contribution < 1.29 is 22.7 Å². The molecule has 2 heterocycles. The summed E-state index contributed by atoms with van der Waals surface area (Å²) in [6.07, 6.45) is 0.766. The van der Waals surface area contributed by atoms with E-state index in [-0.39, 0.29) is 18.7 Å². The number of sulfonamides is 1. The number of rotatable bonds is 3. The van der Waals surface area contributed by atoms with Crippen LogP contribution in [0.5, 0.6) is 0 Å². The number of furan rings is 1. The fourth-order valence-electron chi connectivity index (χ4n) is 1.91. The minimum Gasteiger partial charge on any atom is -0.480 e. The lowest BCUT2D eigenvalue weighted by Gasteiger charge is -2.19. The molecule has 1 aromatic rings. The summed E-state index contributed by atoms with van der Waals surface area (Å²) < 4.78 is 30.0. The Bertz CT molecular complexity index is 612. The smallest absolute Gasteiger partial charge is 0.322 e. The SMILES string of the molecule is N#Cc1ccc(S(=O)(=O)N2CCC[C@@H]2C(=O)O)o1. The van der Waals surface area contributed by atoms with Crippen molar-refractivity contribution in [1.82, 2.24) is 4.31 Å². The summed E-state index contributed by atoms with van der Waals surface area (Å²) in [4.78, 5) is 11.0. The van der Waals surface area contributed by atoms with Crippen LogP contribution in [0.25, 0.3) is 0 Å². The van der Waals surface area contributed by atoms with Crippen LogP contribution in [-0.2, 0) is 14.8 Å². The second kappa shape index (κ2) is 4.44. The zero-order valence-corrected chi connectivity index (χ0v) is 10.1. The first-order valence-electron chi connectivity index (χ1n) is 5.21. The maximum atomic E-state index is 12.1. The van der Waals surface area contributed by atoms with Crippen molar-refractivity contribution in [3.8, 4) is 6.07 Å². The second-order valence-electron chi connectivity index (χ2n) is 3.84. The minimum atomic E-state index is -3.99. The Hall–Kier alpha value is -1.85. The number of carboxylic acid groups (broad SMARTS) is 1. The number of hydrogen-bond donors (Lipinski definition) is 1. The first kappa shape index (κ1) is 12.6. The Morgan fingerprint density at radius 3 is 2.83 bits per heavy atom. The van der Waals surface area contributed by atoms with Crippen LogP contribution in [0.1, 0.15) is 18.6 Å². The van der Waals surface area contributed by atoms with Gasteiger partial charge >= 0.3 is 5.97 Å². The quantitative estimate of drug-likeness (QED) is 0.850. The van der Waals surface area contributed by atoms with Gasteiger partial charge < -0.3 is 9.52 Å². The number of nitriles is 1. The maximum absolute atomic E-state index is 12.1. The molecule has 0 aliphatic carbocycles. The number of hydrogen-bond acceptors (Lipinski definition) is 5. The van der Waals surface area contributed by atoms with E-state index in [2.05, 4.69) is 0 Å². The minimum absolute atomic E-state index is 0.125. The van der Waals surface area contributed by atoms with Crippen LogP contribution < -0.4 is 0 Å². The fourth-order valence-corrected chi connectivity index (χ4v) is 3.48. The highest BCUT2D eigenvalue weighted by molar-refractivity contribution is 7.89. The highest BCUT2D eigenvalue weighted by atomic mass is 32.2. The molecule has 0 spiro atoms. The lowest BCUT2D eigenvalue weighted by Crippen LogP contribution is -2.40. The molecule has 2 rings (SSSR count). The van der Waals surface area contributed by atoms with Gasteiger partial charge in [-0.2, -0.15) is 9.57 Å². The summed E-state index contributed by atoms with van der Waals surface area (Å²) in [6.45, 7) is 0.141. The van der Waals surface area contributed by atoms with Crippen molar-refractivity contribution in [1.29, 1.82) is 5.26 Å².